The minimum atomic E-state index is -3.03. The van der Waals surface area contributed by atoms with Crippen LogP contribution in [0.4, 0.5) is 0 Å². The molecule has 28 heavy (non-hydrogen) atoms. The van der Waals surface area contributed by atoms with Crippen molar-refractivity contribution in [3.63, 3.8) is 0 Å². The Morgan fingerprint density at radius 1 is 0.964 bits per heavy atom. The number of hydrogen-bond donors (Lipinski definition) is 2. The monoisotopic (exact) mass is 402 g/mol. The second-order valence-corrected chi connectivity index (χ2v) is 8.95. The zero-order valence-corrected chi connectivity index (χ0v) is 16.1. The number of amides is 2. The maximum Gasteiger partial charge on any atom is 0.276 e. The van der Waals surface area contributed by atoms with Crippen molar-refractivity contribution in [2.24, 2.45) is 5.92 Å². The number of sulfone groups is 1. The standard InChI is InChI=1S/C20H22N2O5S/c23-19(12-15-10-11-28(25,26)14-15)21-22-20(24)13-27-18-9-5-4-8-17(18)16-6-2-1-3-7-16/h1-9,15H,10-14H2,(H,21,23)(H,22,24). The summed E-state index contributed by atoms with van der Waals surface area (Å²) in [6, 6.07) is 17.0. The third-order valence-corrected chi connectivity index (χ3v) is 6.31. The van der Waals surface area contributed by atoms with Crippen molar-refractivity contribution >= 4 is 21.7 Å². The zero-order chi connectivity index (χ0) is 20.0. The van der Waals surface area contributed by atoms with Crippen molar-refractivity contribution in [1.29, 1.82) is 0 Å². The van der Waals surface area contributed by atoms with Crippen LogP contribution in [0.2, 0.25) is 0 Å². The van der Waals surface area contributed by atoms with Crippen LogP contribution in [-0.4, -0.2) is 38.3 Å². The number of carbonyl (C=O) groups is 2. The fourth-order valence-electron chi connectivity index (χ4n) is 3.11. The smallest absolute Gasteiger partial charge is 0.276 e. The highest BCUT2D eigenvalue weighted by atomic mass is 32.2. The van der Waals surface area contributed by atoms with Crippen LogP contribution in [0.25, 0.3) is 11.1 Å². The first-order chi connectivity index (χ1) is 13.4. The van der Waals surface area contributed by atoms with E-state index in [1.54, 1.807) is 6.07 Å². The van der Waals surface area contributed by atoms with Crippen molar-refractivity contribution in [2.45, 2.75) is 12.8 Å². The Kier molecular flexibility index (Phi) is 6.30. The molecule has 0 radical (unpaired) electrons. The molecule has 0 bridgehead atoms. The molecular formula is C20H22N2O5S. The highest BCUT2D eigenvalue weighted by Gasteiger charge is 2.29. The van der Waals surface area contributed by atoms with Crippen LogP contribution in [0.3, 0.4) is 0 Å². The van der Waals surface area contributed by atoms with E-state index < -0.39 is 21.7 Å². The average Bonchev–Trinajstić information content (AvgIpc) is 3.04. The van der Waals surface area contributed by atoms with Crippen LogP contribution in [-0.2, 0) is 19.4 Å². The van der Waals surface area contributed by atoms with Gasteiger partial charge in [0.1, 0.15) is 5.75 Å². The van der Waals surface area contributed by atoms with E-state index in [1.807, 2.05) is 48.5 Å². The minimum Gasteiger partial charge on any atom is -0.483 e. The number of hydrogen-bond acceptors (Lipinski definition) is 5. The van der Waals surface area contributed by atoms with Gasteiger partial charge in [-0.1, -0.05) is 48.5 Å². The Balaban J connectivity index is 1.47. The van der Waals surface area contributed by atoms with Gasteiger partial charge < -0.3 is 4.74 Å². The first-order valence-corrected chi connectivity index (χ1v) is 10.8. The number of benzene rings is 2. The van der Waals surface area contributed by atoms with Crippen LogP contribution < -0.4 is 15.6 Å². The number of rotatable bonds is 6. The molecule has 1 aliphatic rings. The van der Waals surface area contributed by atoms with Crippen molar-refractivity contribution in [3.8, 4) is 16.9 Å². The van der Waals surface area contributed by atoms with Crippen LogP contribution in [0, 0.1) is 5.92 Å². The van der Waals surface area contributed by atoms with Crippen molar-refractivity contribution in [2.75, 3.05) is 18.1 Å². The maximum absolute atomic E-state index is 12.0. The Hall–Kier alpha value is -2.87. The van der Waals surface area contributed by atoms with Crippen LogP contribution in [0.15, 0.2) is 54.6 Å². The molecule has 1 aliphatic heterocycles. The molecule has 3 rings (SSSR count). The molecule has 2 aromatic rings. The second-order valence-electron chi connectivity index (χ2n) is 6.72. The average molecular weight is 402 g/mol. The minimum absolute atomic E-state index is 0.0216. The van der Waals surface area contributed by atoms with Gasteiger partial charge in [-0.3, -0.25) is 20.4 Å². The van der Waals surface area contributed by atoms with Crippen molar-refractivity contribution < 1.29 is 22.7 Å². The fourth-order valence-corrected chi connectivity index (χ4v) is 4.98. The quantitative estimate of drug-likeness (QED) is 0.716. The van der Waals surface area contributed by atoms with E-state index in [1.165, 1.54) is 0 Å². The summed E-state index contributed by atoms with van der Waals surface area (Å²) < 4.78 is 28.4. The summed E-state index contributed by atoms with van der Waals surface area (Å²) >= 11 is 0. The number of hydrazine groups is 1. The van der Waals surface area contributed by atoms with Crippen molar-refractivity contribution in [3.05, 3.63) is 54.6 Å². The first kappa shape index (κ1) is 19.9. The van der Waals surface area contributed by atoms with E-state index in [2.05, 4.69) is 10.9 Å². The van der Waals surface area contributed by atoms with Gasteiger partial charge in [-0.05, 0) is 24.0 Å². The van der Waals surface area contributed by atoms with E-state index in [0.717, 1.165) is 11.1 Å². The fraction of sp³-hybridized carbons (Fsp3) is 0.300. The predicted molar refractivity (Wildman–Crippen MR) is 105 cm³/mol. The zero-order valence-electron chi connectivity index (χ0n) is 15.3. The number of nitrogens with one attached hydrogen (secondary N) is 2. The van der Waals surface area contributed by atoms with E-state index in [9.17, 15) is 18.0 Å². The molecule has 0 saturated carbocycles. The molecule has 0 spiro atoms. The lowest BCUT2D eigenvalue weighted by molar-refractivity contribution is -0.130. The third kappa shape index (κ3) is 5.56. The summed E-state index contributed by atoms with van der Waals surface area (Å²) in [5.41, 5.74) is 6.43. The van der Waals surface area contributed by atoms with Gasteiger partial charge >= 0.3 is 0 Å². The van der Waals surface area contributed by atoms with Gasteiger partial charge in [0, 0.05) is 12.0 Å². The summed E-state index contributed by atoms with van der Waals surface area (Å²) in [7, 11) is -3.03. The molecular weight excluding hydrogens is 380 g/mol. The van der Waals surface area contributed by atoms with E-state index in [0.29, 0.717) is 12.2 Å². The lowest BCUT2D eigenvalue weighted by Gasteiger charge is -2.13. The molecule has 1 saturated heterocycles. The second kappa shape index (κ2) is 8.88. The van der Waals surface area contributed by atoms with Gasteiger partial charge in [-0.15, -0.1) is 0 Å². The molecule has 7 nitrogen and oxygen atoms in total. The SMILES string of the molecule is O=C(COc1ccccc1-c1ccccc1)NNC(=O)CC1CCS(=O)(=O)C1. The first-order valence-electron chi connectivity index (χ1n) is 8.98. The topological polar surface area (TPSA) is 102 Å². The Morgan fingerprint density at radius 2 is 1.64 bits per heavy atom. The predicted octanol–water partition coefficient (Wildman–Crippen LogP) is 1.70. The molecule has 1 fully saturated rings. The summed E-state index contributed by atoms with van der Waals surface area (Å²) in [4.78, 5) is 23.8. The third-order valence-electron chi connectivity index (χ3n) is 4.47. The van der Waals surface area contributed by atoms with Gasteiger partial charge in [0.05, 0.1) is 11.5 Å². The van der Waals surface area contributed by atoms with Crippen LogP contribution in [0.1, 0.15) is 12.8 Å². The lowest BCUT2D eigenvalue weighted by Crippen LogP contribution is -2.44. The maximum atomic E-state index is 12.0. The summed E-state index contributed by atoms with van der Waals surface area (Å²) in [5, 5.41) is 0. The Labute approximate surface area is 164 Å². The number of para-hydroxylation sites is 1. The van der Waals surface area contributed by atoms with Gasteiger partial charge in [-0.2, -0.15) is 0 Å². The highest BCUT2D eigenvalue weighted by molar-refractivity contribution is 7.91. The molecule has 2 N–H and O–H groups in total. The lowest BCUT2D eigenvalue weighted by atomic mass is 10.1. The van der Waals surface area contributed by atoms with Crippen molar-refractivity contribution in [1.82, 2.24) is 10.9 Å². The van der Waals surface area contributed by atoms with Gasteiger partial charge in [0.15, 0.2) is 16.4 Å². The van der Waals surface area contributed by atoms with Gasteiger partial charge in [-0.25, -0.2) is 8.42 Å². The molecule has 8 heteroatoms. The normalized spacial score (nSPS) is 17.6. The molecule has 0 aliphatic carbocycles. The largest absolute Gasteiger partial charge is 0.483 e. The Bertz CT molecular complexity index is 944. The molecule has 2 aromatic carbocycles. The molecule has 148 valence electrons. The Morgan fingerprint density at radius 3 is 2.36 bits per heavy atom. The summed E-state index contributed by atoms with van der Waals surface area (Å²) in [6.07, 6.45) is 0.542. The molecule has 0 aromatic heterocycles. The van der Waals surface area contributed by atoms with Crippen LogP contribution in [0.5, 0.6) is 5.75 Å². The molecule has 2 amide bonds. The highest BCUT2D eigenvalue weighted by Crippen LogP contribution is 2.29. The summed E-state index contributed by atoms with van der Waals surface area (Å²) in [6.45, 7) is -0.262. The summed E-state index contributed by atoms with van der Waals surface area (Å²) in [5.74, 6) is -0.419. The number of ether oxygens (including phenoxy) is 1. The molecule has 1 atom stereocenters. The van der Waals surface area contributed by atoms with Gasteiger partial charge in [0.2, 0.25) is 5.91 Å². The molecule has 1 unspecified atom stereocenters. The van der Waals surface area contributed by atoms with Crippen LogP contribution >= 0.6 is 0 Å². The van der Waals surface area contributed by atoms with E-state index in [-0.39, 0.29) is 30.5 Å². The van der Waals surface area contributed by atoms with Gasteiger partial charge in [0.25, 0.3) is 5.91 Å². The van der Waals surface area contributed by atoms with E-state index >= 15 is 0 Å². The number of carbonyl (C=O) groups excluding carboxylic acids is 2. The molecule has 1 heterocycles. The van der Waals surface area contributed by atoms with E-state index in [4.69, 9.17) is 4.74 Å².